The lowest BCUT2D eigenvalue weighted by Crippen LogP contribution is -2.01. The molecule has 2 rings (SSSR count). The van der Waals surface area contributed by atoms with Crippen molar-refractivity contribution in [3.05, 3.63) is 24.4 Å². The van der Waals surface area contributed by atoms with E-state index in [9.17, 15) is 5.11 Å². The van der Waals surface area contributed by atoms with Gasteiger partial charge in [0.25, 0.3) is 0 Å². The Labute approximate surface area is 76.6 Å². The van der Waals surface area contributed by atoms with Gasteiger partial charge >= 0.3 is 0 Å². The second kappa shape index (κ2) is 2.76. The van der Waals surface area contributed by atoms with E-state index in [0.29, 0.717) is 5.75 Å². The minimum absolute atomic E-state index is 0.269. The molecule has 0 aliphatic rings. The highest BCUT2D eigenvalue weighted by Gasteiger charge is 2.08. The number of aromatic hydroxyl groups is 1. The zero-order valence-corrected chi connectivity index (χ0v) is 7.73. The maximum absolute atomic E-state index is 9.63. The number of para-hydroxylation sites is 1. The third-order valence-electron chi connectivity index (χ3n) is 2.09. The van der Waals surface area contributed by atoms with E-state index in [2.05, 4.69) is 5.10 Å². The van der Waals surface area contributed by atoms with Crippen LogP contribution in [0.2, 0.25) is 0 Å². The van der Waals surface area contributed by atoms with Crippen molar-refractivity contribution in [2.45, 2.75) is 19.9 Å². The van der Waals surface area contributed by atoms with Gasteiger partial charge in [-0.05, 0) is 19.9 Å². The van der Waals surface area contributed by atoms with Crippen molar-refractivity contribution in [3.63, 3.8) is 0 Å². The van der Waals surface area contributed by atoms with Crippen molar-refractivity contribution >= 4 is 10.9 Å². The minimum Gasteiger partial charge on any atom is -0.506 e. The van der Waals surface area contributed by atoms with Crippen LogP contribution in [-0.2, 0) is 0 Å². The van der Waals surface area contributed by atoms with Gasteiger partial charge in [-0.15, -0.1) is 0 Å². The van der Waals surface area contributed by atoms with Gasteiger partial charge in [0.05, 0.1) is 6.20 Å². The lowest BCUT2D eigenvalue weighted by Gasteiger charge is -2.07. The van der Waals surface area contributed by atoms with Gasteiger partial charge in [0, 0.05) is 11.4 Å². The molecule has 3 heteroatoms. The van der Waals surface area contributed by atoms with E-state index in [1.807, 2.05) is 30.7 Å². The molecule has 13 heavy (non-hydrogen) atoms. The molecular weight excluding hydrogens is 164 g/mol. The maximum Gasteiger partial charge on any atom is 0.141 e. The monoisotopic (exact) mass is 176 g/mol. The molecule has 0 radical (unpaired) electrons. The molecule has 0 atom stereocenters. The summed E-state index contributed by atoms with van der Waals surface area (Å²) in [4.78, 5) is 0. The average Bonchev–Trinajstić information content (AvgIpc) is 2.49. The van der Waals surface area contributed by atoms with E-state index in [1.165, 1.54) is 0 Å². The number of hydrogen-bond acceptors (Lipinski definition) is 2. The summed E-state index contributed by atoms with van der Waals surface area (Å²) >= 11 is 0. The Bertz CT molecular complexity index is 431. The molecule has 1 aromatic heterocycles. The molecule has 1 aromatic carbocycles. The number of fused-ring (bicyclic) bond motifs is 1. The highest BCUT2D eigenvalue weighted by molar-refractivity contribution is 5.84. The van der Waals surface area contributed by atoms with E-state index >= 15 is 0 Å². The smallest absolute Gasteiger partial charge is 0.141 e. The summed E-state index contributed by atoms with van der Waals surface area (Å²) in [6.45, 7) is 4.08. The fourth-order valence-corrected chi connectivity index (χ4v) is 1.48. The SMILES string of the molecule is CC(C)n1ncc2cccc(O)c21. The van der Waals surface area contributed by atoms with Crippen LogP contribution >= 0.6 is 0 Å². The van der Waals surface area contributed by atoms with Crippen LogP contribution in [0.3, 0.4) is 0 Å². The van der Waals surface area contributed by atoms with Gasteiger partial charge in [-0.2, -0.15) is 5.10 Å². The first-order valence-electron chi connectivity index (χ1n) is 4.35. The Kier molecular flexibility index (Phi) is 1.72. The first-order chi connectivity index (χ1) is 6.20. The second-order valence-corrected chi connectivity index (χ2v) is 3.40. The van der Waals surface area contributed by atoms with Crippen molar-refractivity contribution < 1.29 is 5.11 Å². The summed E-state index contributed by atoms with van der Waals surface area (Å²) in [5, 5.41) is 14.8. The normalized spacial score (nSPS) is 11.3. The first-order valence-corrected chi connectivity index (χ1v) is 4.35. The van der Waals surface area contributed by atoms with Gasteiger partial charge < -0.3 is 5.11 Å². The fourth-order valence-electron chi connectivity index (χ4n) is 1.48. The van der Waals surface area contributed by atoms with Crippen molar-refractivity contribution in [1.82, 2.24) is 9.78 Å². The summed E-state index contributed by atoms with van der Waals surface area (Å²) in [6, 6.07) is 5.72. The Morgan fingerprint density at radius 1 is 1.38 bits per heavy atom. The van der Waals surface area contributed by atoms with E-state index in [1.54, 1.807) is 12.3 Å². The Balaban J connectivity index is 2.79. The van der Waals surface area contributed by atoms with Crippen LogP contribution in [-0.4, -0.2) is 14.9 Å². The zero-order valence-electron chi connectivity index (χ0n) is 7.73. The largest absolute Gasteiger partial charge is 0.506 e. The molecule has 0 aliphatic heterocycles. The molecule has 0 fully saturated rings. The van der Waals surface area contributed by atoms with Gasteiger partial charge in [-0.3, -0.25) is 4.68 Å². The van der Waals surface area contributed by atoms with Gasteiger partial charge in [-0.1, -0.05) is 12.1 Å². The summed E-state index contributed by atoms with van der Waals surface area (Å²) < 4.78 is 1.82. The summed E-state index contributed by atoms with van der Waals surface area (Å²) in [7, 11) is 0. The molecule has 2 aromatic rings. The van der Waals surface area contributed by atoms with E-state index < -0.39 is 0 Å². The molecule has 1 N–H and O–H groups in total. The lowest BCUT2D eigenvalue weighted by atomic mass is 10.2. The number of rotatable bonds is 1. The molecule has 68 valence electrons. The third-order valence-corrected chi connectivity index (χ3v) is 2.09. The predicted octanol–water partition coefficient (Wildman–Crippen LogP) is 2.32. The predicted molar refractivity (Wildman–Crippen MR) is 51.8 cm³/mol. The van der Waals surface area contributed by atoms with Crippen molar-refractivity contribution in [1.29, 1.82) is 0 Å². The molecule has 0 aliphatic carbocycles. The van der Waals surface area contributed by atoms with Gasteiger partial charge in [0.2, 0.25) is 0 Å². The van der Waals surface area contributed by atoms with Crippen LogP contribution in [0.4, 0.5) is 0 Å². The molecule has 0 bridgehead atoms. The van der Waals surface area contributed by atoms with Gasteiger partial charge in [0.1, 0.15) is 11.3 Å². The first kappa shape index (κ1) is 8.10. The molecule has 1 heterocycles. The molecule has 0 saturated heterocycles. The number of nitrogens with zero attached hydrogens (tertiary/aromatic N) is 2. The third kappa shape index (κ3) is 1.16. The van der Waals surface area contributed by atoms with E-state index in [0.717, 1.165) is 10.9 Å². The van der Waals surface area contributed by atoms with Crippen molar-refractivity contribution in [2.24, 2.45) is 0 Å². The van der Waals surface area contributed by atoms with Crippen molar-refractivity contribution in [3.8, 4) is 5.75 Å². The van der Waals surface area contributed by atoms with Crippen LogP contribution in [0.25, 0.3) is 10.9 Å². The Morgan fingerprint density at radius 2 is 2.15 bits per heavy atom. The van der Waals surface area contributed by atoms with Crippen LogP contribution < -0.4 is 0 Å². The summed E-state index contributed by atoms with van der Waals surface area (Å²) in [5.74, 6) is 0.295. The summed E-state index contributed by atoms with van der Waals surface area (Å²) in [5.41, 5.74) is 0.817. The minimum atomic E-state index is 0.269. The fraction of sp³-hybridized carbons (Fsp3) is 0.300. The highest BCUT2D eigenvalue weighted by atomic mass is 16.3. The van der Waals surface area contributed by atoms with Crippen molar-refractivity contribution in [2.75, 3.05) is 0 Å². The second-order valence-electron chi connectivity index (χ2n) is 3.40. The molecule has 3 nitrogen and oxygen atoms in total. The molecule has 0 spiro atoms. The van der Waals surface area contributed by atoms with Gasteiger partial charge in [-0.25, -0.2) is 0 Å². The number of benzene rings is 1. The maximum atomic E-state index is 9.63. The number of phenols is 1. The molecule has 0 unspecified atom stereocenters. The lowest BCUT2D eigenvalue weighted by molar-refractivity contribution is 0.469. The average molecular weight is 176 g/mol. The quantitative estimate of drug-likeness (QED) is 0.724. The molecular formula is C10H12N2O. The van der Waals surface area contributed by atoms with Gasteiger partial charge in [0.15, 0.2) is 0 Å². The van der Waals surface area contributed by atoms with Crippen LogP contribution in [0.1, 0.15) is 19.9 Å². The zero-order chi connectivity index (χ0) is 9.42. The highest BCUT2D eigenvalue weighted by Crippen LogP contribution is 2.25. The Hall–Kier alpha value is -1.51. The van der Waals surface area contributed by atoms with Crippen LogP contribution in [0, 0.1) is 0 Å². The molecule has 0 amide bonds. The van der Waals surface area contributed by atoms with E-state index in [-0.39, 0.29) is 6.04 Å². The standard InChI is InChI=1S/C10H12N2O/c1-7(2)12-10-8(6-11-12)4-3-5-9(10)13/h3-7,13H,1-2H3. The number of phenolic OH excluding ortho intramolecular Hbond substituents is 1. The van der Waals surface area contributed by atoms with Crippen LogP contribution in [0.5, 0.6) is 5.75 Å². The molecule has 0 saturated carbocycles. The van der Waals surface area contributed by atoms with Crippen LogP contribution in [0.15, 0.2) is 24.4 Å². The topological polar surface area (TPSA) is 38.0 Å². The summed E-state index contributed by atoms with van der Waals surface area (Å²) in [6.07, 6.45) is 1.77. The number of aromatic nitrogens is 2. The Morgan fingerprint density at radius 3 is 2.85 bits per heavy atom. The van der Waals surface area contributed by atoms with E-state index in [4.69, 9.17) is 0 Å². The number of hydrogen-bond donors (Lipinski definition) is 1.